The summed E-state index contributed by atoms with van der Waals surface area (Å²) in [5, 5.41) is 3.70. The van der Waals surface area contributed by atoms with Crippen molar-refractivity contribution in [2.75, 3.05) is 6.61 Å². The predicted molar refractivity (Wildman–Crippen MR) is 106 cm³/mol. The van der Waals surface area contributed by atoms with Crippen LogP contribution in [0.5, 0.6) is 0 Å². The molecule has 2 aliphatic rings. The second kappa shape index (κ2) is 7.63. The van der Waals surface area contributed by atoms with Gasteiger partial charge in [0.25, 0.3) is 0 Å². The summed E-state index contributed by atoms with van der Waals surface area (Å²) in [4.78, 5) is 5.05. The highest BCUT2D eigenvalue weighted by Gasteiger charge is 2.42. The minimum absolute atomic E-state index is 0.0519. The molecule has 0 aromatic heterocycles. The average molecular weight is 348 g/mol. The molecule has 136 valence electrons. The number of aliphatic imine (C=N–C) groups is 1. The van der Waals surface area contributed by atoms with E-state index in [1.165, 1.54) is 43.2 Å². The van der Waals surface area contributed by atoms with E-state index in [9.17, 15) is 0 Å². The monoisotopic (exact) mass is 348 g/mol. The Kier molecular flexibility index (Phi) is 5.07. The van der Waals surface area contributed by atoms with Gasteiger partial charge in [-0.3, -0.25) is 4.99 Å². The minimum atomic E-state index is -0.256. The van der Waals surface area contributed by atoms with E-state index in [2.05, 4.69) is 72.9 Å². The molecule has 4 rings (SSSR count). The van der Waals surface area contributed by atoms with Crippen LogP contribution in [0.2, 0.25) is 0 Å². The first-order chi connectivity index (χ1) is 12.8. The van der Waals surface area contributed by atoms with Crippen LogP contribution in [0.1, 0.15) is 56.2 Å². The molecule has 1 aliphatic heterocycles. The number of amidine groups is 1. The highest BCUT2D eigenvalue weighted by Crippen LogP contribution is 2.41. The summed E-state index contributed by atoms with van der Waals surface area (Å²) in [6.45, 7) is 2.83. The van der Waals surface area contributed by atoms with Gasteiger partial charge in [-0.25, -0.2) is 0 Å². The van der Waals surface area contributed by atoms with E-state index in [1.54, 1.807) is 0 Å². The number of hydrogen-bond donors (Lipinski definition) is 1. The van der Waals surface area contributed by atoms with Crippen molar-refractivity contribution in [3.8, 4) is 0 Å². The van der Waals surface area contributed by atoms with Gasteiger partial charge in [0, 0.05) is 0 Å². The van der Waals surface area contributed by atoms with Gasteiger partial charge in [-0.15, -0.1) is 0 Å². The fraction of sp³-hybridized carbons (Fsp3) is 0.435. The van der Waals surface area contributed by atoms with Crippen LogP contribution in [0.25, 0.3) is 0 Å². The van der Waals surface area contributed by atoms with Crippen LogP contribution in [0, 0.1) is 0 Å². The summed E-state index contributed by atoms with van der Waals surface area (Å²) in [7, 11) is 0. The minimum Gasteiger partial charge on any atom is -0.370 e. The molecule has 0 spiro atoms. The van der Waals surface area contributed by atoms with Crippen molar-refractivity contribution in [2.24, 2.45) is 4.99 Å². The fourth-order valence-electron chi connectivity index (χ4n) is 4.24. The lowest BCUT2D eigenvalue weighted by molar-refractivity contribution is 0.0517. The van der Waals surface area contributed by atoms with Crippen molar-refractivity contribution in [1.82, 2.24) is 5.32 Å². The van der Waals surface area contributed by atoms with E-state index in [4.69, 9.17) is 9.73 Å². The van der Waals surface area contributed by atoms with Gasteiger partial charge in [-0.05, 0) is 30.9 Å². The molecular formula is C23H28N2O. The van der Waals surface area contributed by atoms with Gasteiger partial charge in [0.2, 0.25) is 0 Å². The lowest BCUT2D eigenvalue weighted by atomic mass is 9.82. The highest BCUT2D eigenvalue weighted by molar-refractivity contribution is 5.87. The maximum absolute atomic E-state index is 6.19. The third-order valence-electron chi connectivity index (χ3n) is 5.73. The normalized spacial score (nSPS) is 26.3. The Bertz CT molecular complexity index is 737. The molecule has 2 aromatic carbocycles. The van der Waals surface area contributed by atoms with E-state index >= 15 is 0 Å². The molecule has 2 aromatic rings. The summed E-state index contributed by atoms with van der Waals surface area (Å²) in [6.07, 6.45) is 6.70. The van der Waals surface area contributed by atoms with E-state index in [0.29, 0.717) is 12.7 Å². The Labute approximate surface area is 156 Å². The molecular weight excluding hydrogens is 320 g/mol. The molecule has 3 nitrogen and oxygen atoms in total. The Hall–Kier alpha value is -2.13. The number of rotatable bonds is 5. The van der Waals surface area contributed by atoms with E-state index in [0.717, 1.165) is 5.84 Å². The van der Waals surface area contributed by atoms with Gasteiger partial charge in [0.05, 0.1) is 11.6 Å². The van der Waals surface area contributed by atoms with Crippen molar-refractivity contribution in [1.29, 1.82) is 0 Å². The first-order valence-electron chi connectivity index (χ1n) is 9.82. The maximum atomic E-state index is 6.19. The fourth-order valence-corrected chi connectivity index (χ4v) is 4.24. The molecule has 0 unspecified atom stereocenters. The molecule has 0 saturated heterocycles. The van der Waals surface area contributed by atoms with Crippen molar-refractivity contribution >= 4 is 5.84 Å². The van der Waals surface area contributed by atoms with Crippen molar-refractivity contribution in [3.63, 3.8) is 0 Å². The van der Waals surface area contributed by atoms with E-state index in [1.807, 2.05) is 0 Å². The third-order valence-corrected chi connectivity index (χ3v) is 5.73. The summed E-state index contributed by atoms with van der Waals surface area (Å²) in [6, 6.07) is 21.3. The second-order valence-corrected chi connectivity index (χ2v) is 7.65. The Morgan fingerprint density at radius 2 is 1.62 bits per heavy atom. The molecule has 0 amide bonds. The van der Waals surface area contributed by atoms with Gasteiger partial charge in [-0.2, -0.15) is 0 Å². The van der Waals surface area contributed by atoms with Crippen molar-refractivity contribution < 1.29 is 4.74 Å². The van der Waals surface area contributed by atoms with Crippen LogP contribution >= 0.6 is 0 Å². The molecule has 2 atom stereocenters. The number of nitrogens with one attached hydrogen (secondary N) is 1. The number of ether oxygens (including phenoxy) is 1. The van der Waals surface area contributed by atoms with Crippen LogP contribution in [0.3, 0.4) is 0 Å². The van der Waals surface area contributed by atoms with Gasteiger partial charge in [0.15, 0.2) is 0 Å². The zero-order valence-electron chi connectivity index (χ0n) is 15.5. The largest absolute Gasteiger partial charge is 0.370 e. The number of hydrogen-bond acceptors (Lipinski definition) is 3. The third kappa shape index (κ3) is 3.54. The summed E-state index contributed by atoms with van der Waals surface area (Å²) in [5.41, 5.74) is 2.23. The van der Waals surface area contributed by atoms with Gasteiger partial charge in [-0.1, -0.05) is 79.9 Å². The van der Waals surface area contributed by atoms with Crippen LogP contribution in [0.4, 0.5) is 0 Å². The van der Waals surface area contributed by atoms with Crippen molar-refractivity contribution in [2.45, 2.75) is 56.7 Å². The molecule has 3 heteroatoms. The molecule has 0 radical (unpaired) electrons. The van der Waals surface area contributed by atoms with Crippen LogP contribution in [0.15, 0.2) is 65.7 Å². The van der Waals surface area contributed by atoms with E-state index < -0.39 is 0 Å². The van der Waals surface area contributed by atoms with Crippen molar-refractivity contribution in [3.05, 3.63) is 71.8 Å². The second-order valence-electron chi connectivity index (χ2n) is 7.65. The van der Waals surface area contributed by atoms with Gasteiger partial charge in [0.1, 0.15) is 18.5 Å². The van der Waals surface area contributed by atoms with Crippen LogP contribution < -0.4 is 5.32 Å². The molecule has 1 fully saturated rings. The van der Waals surface area contributed by atoms with Gasteiger partial charge >= 0.3 is 0 Å². The lowest BCUT2D eigenvalue weighted by Gasteiger charge is -2.32. The SMILES string of the molecule is C[C@@]1(c2ccccc2)NC(COC2CCCCC2)=N[C@@H]1c1ccccc1. The predicted octanol–water partition coefficient (Wildman–Crippen LogP) is 4.99. The summed E-state index contributed by atoms with van der Waals surface area (Å²) in [5.74, 6) is 0.968. The Morgan fingerprint density at radius 3 is 2.31 bits per heavy atom. The van der Waals surface area contributed by atoms with Crippen LogP contribution in [-0.4, -0.2) is 18.5 Å². The molecule has 1 saturated carbocycles. The topological polar surface area (TPSA) is 33.6 Å². The maximum Gasteiger partial charge on any atom is 0.124 e. The molecule has 1 aliphatic carbocycles. The zero-order valence-corrected chi connectivity index (χ0v) is 15.5. The lowest BCUT2D eigenvalue weighted by Crippen LogP contribution is -2.43. The number of nitrogens with zero attached hydrogens (tertiary/aromatic N) is 1. The highest BCUT2D eigenvalue weighted by atomic mass is 16.5. The quantitative estimate of drug-likeness (QED) is 0.825. The summed E-state index contributed by atoms with van der Waals surface area (Å²) < 4.78 is 6.19. The molecule has 26 heavy (non-hydrogen) atoms. The molecule has 1 heterocycles. The Morgan fingerprint density at radius 1 is 0.962 bits per heavy atom. The van der Waals surface area contributed by atoms with E-state index in [-0.39, 0.29) is 11.6 Å². The van der Waals surface area contributed by atoms with Gasteiger partial charge < -0.3 is 10.1 Å². The molecule has 0 bridgehead atoms. The van der Waals surface area contributed by atoms with Crippen LogP contribution in [-0.2, 0) is 10.3 Å². The first-order valence-corrected chi connectivity index (χ1v) is 9.82. The Balaban J connectivity index is 1.57. The first kappa shape index (κ1) is 17.3. The zero-order chi connectivity index (χ0) is 17.8. The standard InChI is InChI=1S/C23H28N2O/c1-23(19-13-7-3-8-14-19)22(18-11-5-2-6-12-18)24-21(25-23)17-26-20-15-9-4-10-16-20/h2-3,5-8,11-14,20,22H,4,9-10,15-17H2,1H3,(H,24,25)/t22-,23+/m1/s1. The number of benzene rings is 2. The smallest absolute Gasteiger partial charge is 0.124 e. The molecule has 1 N–H and O–H groups in total. The average Bonchev–Trinajstić information content (AvgIpc) is 3.06. The summed E-state index contributed by atoms with van der Waals surface area (Å²) >= 11 is 0.